The summed E-state index contributed by atoms with van der Waals surface area (Å²) in [7, 11) is 0. The van der Waals surface area contributed by atoms with Crippen molar-refractivity contribution < 1.29 is 0 Å². The molecule has 2 heterocycles. The Morgan fingerprint density at radius 3 is 2.11 bits per heavy atom. The van der Waals surface area contributed by atoms with Gasteiger partial charge in [-0.3, -0.25) is 0 Å². The van der Waals surface area contributed by atoms with E-state index in [1.54, 1.807) is 0 Å². The van der Waals surface area contributed by atoms with Gasteiger partial charge in [-0.2, -0.15) is 0 Å². The van der Waals surface area contributed by atoms with Crippen molar-refractivity contribution in [2.75, 3.05) is 0 Å². The summed E-state index contributed by atoms with van der Waals surface area (Å²) >= 11 is -1.92. The number of benzene rings is 2. The Bertz CT molecular complexity index is 1170. The maximum atomic E-state index is 4.90. The molecular formula is C24H26GeN2. The summed E-state index contributed by atoms with van der Waals surface area (Å²) in [5.74, 6) is 7.33. The van der Waals surface area contributed by atoms with E-state index < -0.39 is 13.3 Å². The Hall–Kier alpha value is -2.20. The zero-order valence-corrected chi connectivity index (χ0v) is 19.1. The fourth-order valence-electron chi connectivity index (χ4n) is 4.21. The molecule has 2 aromatic heterocycles. The number of pyridine rings is 2. The zero-order chi connectivity index (χ0) is 19.3. The van der Waals surface area contributed by atoms with Gasteiger partial charge in [0.05, 0.1) is 0 Å². The normalized spacial score (nSPS) is 12.1. The van der Waals surface area contributed by atoms with Gasteiger partial charge in [0.25, 0.3) is 0 Å². The van der Waals surface area contributed by atoms with Crippen LogP contribution in [0.3, 0.4) is 0 Å². The van der Waals surface area contributed by atoms with E-state index in [0.717, 1.165) is 22.2 Å². The zero-order valence-electron chi connectivity index (χ0n) is 17.0. The maximum absolute atomic E-state index is 4.90. The SMILES string of the molecule is Cc1cc(C)cc(-c2nccc3c2cnc2c(C)[c]([Ge]([CH3])([CH3])[CH3])ccc23)c1. The van der Waals surface area contributed by atoms with Crippen LogP contribution in [0.1, 0.15) is 16.7 Å². The number of aryl methyl sites for hydroxylation is 3. The molecule has 2 nitrogen and oxygen atoms in total. The number of rotatable bonds is 2. The quantitative estimate of drug-likeness (QED) is 0.300. The van der Waals surface area contributed by atoms with Crippen molar-refractivity contribution in [3.05, 3.63) is 65.5 Å². The summed E-state index contributed by atoms with van der Waals surface area (Å²) < 4.78 is 1.54. The minimum atomic E-state index is -1.92. The Morgan fingerprint density at radius 1 is 0.741 bits per heavy atom. The first-order valence-electron chi connectivity index (χ1n) is 9.52. The van der Waals surface area contributed by atoms with E-state index in [0.29, 0.717) is 0 Å². The van der Waals surface area contributed by atoms with Crippen LogP contribution in [0.5, 0.6) is 0 Å². The van der Waals surface area contributed by atoms with Gasteiger partial charge in [0, 0.05) is 0 Å². The predicted octanol–water partition coefficient (Wildman–Crippen LogP) is 5.92. The van der Waals surface area contributed by atoms with Gasteiger partial charge in [-0.25, -0.2) is 0 Å². The second-order valence-electron chi connectivity index (χ2n) is 8.64. The van der Waals surface area contributed by atoms with Crippen LogP contribution in [0.2, 0.25) is 17.3 Å². The van der Waals surface area contributed by atoms with Gasteiger partial charge in [0.15, 0.2) is 0 Å². The van der Waals surface area contributed by atoms with Crippen molar-refractivity contribution in [2.24, 2.45) is 0 Å². The molecule has 0 atom stereocenters. The van der Waals surface area contributed by atoms with Gasteiger partial charge in [0.2, 0.25) is 0 Å². The number of aromatic nitrogens is 2. The summed E-state index contributed by atoms with van der Waals surface area (Å²) in [5, 5.41) is 3.59. The van der Waals surface area contributed by atoms with E-state index in [9.17, 15) is 0 Å². The summed E-state index contributed by atoms with van der Waals surface area (Å²) in [4.78, 5) is 9.62. The van der Waals surface area contributed by atoms with Crippen LogP contribution in [0.15, 0.2) is 48.8 Å². The van der Waals surface area contributed by atoms with Crippen LogP contribution in [0.4, 0.5) is 0 Å². The molecule has 0 spiro atoms. The Labute approximate surface area is 164 Å². The van der Waals surface area contributed by atoms with Crippen molar-refractivity contribution in [3.8, 4) is 11.3 Å². The number of nitrogens with zero attached hydrogens (tertiary/aromatic N) is 2. The van der Waals surface area contributed by atoms with Crippen LogP contribution in [0.25, 0.3) is 32.9 Å². The molecular weight excluding hydrogens is 389 g/mol. The van der Waals surface area contributed by atoms with E-state index in [1.807, 2.05) is 12.4 Å². The molecule has 27 heavy (non-hydrogen) atoms. The minimum absolute atomic E-state index is 1.02. The average molecular weight is 415 g/mol. The average Bonchev–Trinajstić information content (AvgIpc) is 2.59. The summed E-state index contributed by atoms with van der Waals surface area (Å²) in [6.45, 7) is 6.51. The predicted molar refractivity (Wildman–Crippen MR) is 120 cm³/mol. The van der Waals surface area contributed by atoms with Gasteiger partial charge in [-0.15, -0.1) is 0 Å². The third-order valence-electron chi connectivity index (χ3n) is 5.34. The molecule has 0 amide bonds. The van der Waals surface area contributed by atoms with Gasteiger partial charge in [0.1, 0.15) is 0 Å². The molecule has 4 aromatic rings. The molecule has 0 N–H and O–H groups in total. The van der Waals surface area contributed by atoms with Gasteiger partial charge < -0.3 is 0 Å². The molecule has 0 fully saturated rings. The van der Waals surface area contributed by atoms with Crippen LogP contribution in [-0.2, 0) is 0 Å². The Kier molecular flexibility index (Phi) is 4.34. The van der Waals surface area contributed by atoms with Crippen LogP contribution in [0, 0.1) is 20.8 Å². The molecule has 0 bridgehead atoms. The van der Waals surface area contributed by atoms with Gasteiger partial charge in [-0.05, 0) is 0 Å². The second-order valence-corrected chi connectivity index (χ2v) is 19.2. The Morgan fingerprint density at radius 2 is 1.44 bits per heavy atom. The van der Waals surface area contributed by atoms with Crippen LogP contribution in [-0.4, -0.2) is 23.2 Å². The molecule has 0 aliphatic heterocycles. The van der Waals surface area contributed by atoms with Gasteiger partial charge >= 0.3 is 164 Å². The second kappa shape index (κ2) is 6.45. The van der Waals surface area contributed by atoms with Crippen molar-refractivity contribution in [2.45, 2.75) is 38.0 Å². The molecule has 3 heteroatoms. The first kappa shape index (κ1) is 18.2. The standard InChI is InChI=1S/C24H26GeN2/c1-15-11-16(2)13-18(12-15)24-21-14-27-23-17(3)22(25(4,5)6)8-7-20(23)19(21)9-10-26-24/h7-14H,1-6H3. The van der Waals surface area contributed by atoms with Crippen LogP contribution >= 0.6 is 0 Å². The number of hydrogen-bond donors (Lipinski definition) is 0. The summed E-state index contributed by atoms with van der Waals surface area (Å²) in [6, 6.07) is 13.4. The number of fused-ring (bicyclic) bond motifs is 3. The van der Waals surface area contributed by atoms with E-state index >= 15 is 0 Å². The third kappa shape index (κ3) is 3.16. The third-order valence-corrected chi connectivity index (χ3v) is 9.86. The molecule has 136 valence electrons. The first-order valence-corrected chi connectivity index (χ1v) is 16.9. The van der Waals surface area contributed by atoms with E-state index in [4.69, 9.17) is 9.97 Å². The number of hydrogen-bond acceptors (Lipinski definition) is 2. The van der Waals surface area contributed by atoms with E-state index in [1.165, 1.54) is 31.9 Å². The Balaban J connectivity index is 2.03. The van der Waals surface area contributed by atoms with Crippen molar-refractivity contribution in [3.63, 3.8) is 0 Å². The topological polar surface area (TPSA) is 25.8 Å². The van der Waals surface area contributed by atoms with Crippen molar-refractivity contribution in [1.29, 1.82) is 0 Å². The molecule has 0 aliphatic rings. The van der Waals surface area contributed by atoms with Gasteiger partial charge in [-0.1, -0.05) is 0 Å². The molecule has 0 unspecified atom stereocenters. The molecule has 0 saturated heterocycles. The fourth-order valence-corrected chi connectivity index (χ4v) is 8.04. The van der Waals surface area contributed by atoms with E-state index in [2.05, 4.69) is 74.4 Å². The monoisotopic (exact) mass is 416 g/mol. The van der Waals surface area contributed by atoms with Crippen molar-refractivity contribution in [1.82, 2.24) is 9.97 Å². The first-order chi connectivity index (χ1) is 12.8. The molecule has 4 rings (SSSR count). The summed E-state index contributed by atoms with van der Waals surface area (Å²) in [6.07, 6.45) is 3.95. The summed E-state index contributed by atoms with van der Waals surface area (Å²) in [5.41, 5.74) is 7.19. The van der Waals surface area contributed by atoms with Crippen LogP contribution < -0.4 is 4.40 Å². The molecule has 2 aromatic carbocycles. The molecule has 0 saturated carbocycles. The molecule has 0 aliphatic carbocycles. The molecule has 0 radical (unpaired) electrons. The van der Waals surface area contributed by atoms with E-state index in [-0.39, 0.29) is 0 Å². The fraction of sp³-hybridized carbons (Fsp3) is 0.250. The van der Waals surface area contributed by atoms with Crippen molar-refractivity contribution >= 4 is 39.3 Å².